The summed E-state index contributed by atoms with van der Waals surface area (Å²) in [6.45, 7) is 2.81. The summed E-state index contributed by atoms with van der Waals surface area (Å²) in [5.74, 6) is 0. The molecule has 1 aromatic rings. The van der Waals surface area contributed by atoms with Gasteiger partial charge in [0.1, 0.15) is 0 Å². The summed E-state index contributed by atoms with van der Waals surface area (Å²) in [5, 5.41) is 12.7. The van der Waals surface area contributed by atoms with E-state index in [4.69, 9.17) is 0 Å². The summed E-state index contributed by atoms with van der Waals surface area (Å²) >= 11 is 0. The van der Waals surface area contributed by atoms with Crippen LogP contribution >= 0.6 is 0 Å². The van der Waals surface area contributed by atoms with Gasteiger partial charge in [0.25, 0.3) is 0 Å². The van der Waals surface area contributed by atoms with E-state index < -0.39 is 0 Å². The van der Waals surface area contributed by atoms with E-state index in [1.165, 1.54) is 11.1 Å². The van der Waals surface area contributed by atoms with Gasteiger partial charge in [0, 0.05) is 12.6 Å². The van der Waals surface area contributed by atoms with Crippen molar-refractivity contribution in [3.8, 4) is 0 Å². The van der Waals surface area contributed by atoms with Gasteiger partial charge in [-0.15, -0.1) is 0 Å². The molecular formula is C11H15NO. The van der Waals surface area contributed by atoms with Crippen molar-refractivity contribution in [2.75, 3.05) is 6.54 Å². The fraction of sp³-hybridized carbons (Fsp3) is 0.455. The second-order valence-corrected chi connectivity index (χ2v) is 3.76. The highest BCUT2D eigenvalue weighted by molar-refractivity contribution is 5.25. The van der Waals surface area contributed by atoms with Gasteiger partial charge in [-0.3, -0.25) is 0 Å². The van der Waals surface area contributed by atoms with Gasteiger partial charge in [0.05, 0.1) is 6.10 Å². The molecule has 1 aliphatic heterocycles. The largest absolute Gasteiger partial charge is 0.392 e. The van der Waals surface area contributed by atoms with Crippen molar-refractivity contribution in [2.45, 2.75) is 25.5 Å². The van der Waals surface area contributed by atoms with Crippen molar-refractivity contribution < 1.29 is 5.11 Å². The van der Waals surface area contributed by atoms with Crippen molar-refractivity contribution in [2.24, 2.45) is 0 Å². The maximum atomic E-state index is 9.37. The molecule has 1 heterocycles. The fourth-order valence-corrected chi connectivity index (χ4v) is 1.86. The Morgan fingerprint density at radius 2 is 2.31 bits per heavy atom. The predicted octanol–water partition coefficient (Wildman–Crippen LogP) is 1.39. The van der Waals surface area contributed by atoms with Crippen LogP contribution in [-0.2, 0) is 0 Å². The highest BCUT2D eigenvalue weighted by Crippen LogP contribution is 2.23. The third-order valence-corrected chi connectivity index (χ3v) is 2.55. The summed E-state index contributed by atoms with van der Waals surface area (Å²) in [6.07, 6.45) is 0.661. The molecule has 2 atom stereocenters. The van der Waals surface area contributed by atoms with E-state index in [2.05, 4.69) is 36.5 Å². The molecule has 0 aliphatic carbocycles. The molecule has 0 amide bonds. The number of aliphatic hydroxyl groups excluding tert-OH is 1. The minimum Gasteiger partial charge on any atom is -0.392 e. The summed E-state index contributed by atoms with van der Waals surface area (Å²) in [5.41, 5.74) is 2.57. The van der Waals surface area contributed by atoms with Gasteiger partial charge >= 0.3 is 0 Å². The molecule has 0 bridgehead atoms. The first-order valence-corrected chi connectivity index (χ1v) is 4.74. The van der Waals surface area contributed by atoms with Crippen LogP contribution in [0.4, 0.5) is 0 Å². The van der Waals surface area contributed by atoms with Crippen LogP contribution in [0, 0.1) is 6.92 Å². The molecular weight excluding hydrogens is 162 g/mol. The van der Waals surface area contributed by atoms with E-state index in [9.17, 15) is 5.11 Å². The summed E-state index contributed by atoms with van der Waals surface area (Å²) in [4.78, 5) is 0. The highest BCUT2D eigenvalue weighted by Gasteiger charge is 2.22. The molecule has 2 rings (SSSR count). The van der Waals surface area contributed by atoms with Gasteiger partial charge in [-0.2, -0.15) is 0 Å². The van der Waals surface area contributed by atoms with Crippen LogP contribution in [0.5, 0.6) is 0 Å². The lowest BCUT2D eigenvalue weighted by molar-refractivity contribution is 0.193. The second kappa shape index (κ2) is 3.48. The van der Waals surface area contributed by atoms with Gasteiger partial charge in [0.2, 0.25) is 0 Å². The van der Waals surface area contributed by atoms with Gasteiger partial charge in [-0.1, -0.05) is 29.8 Å². The number of hydrogen-bond donors (Lipinski definition) is 2. The molecule has 1 saturated heterocycles. The molecule has 0 spiro atoms. The van der Waals surface area contributed by atoms with Crippen molar-refractivity contribution in [1.82, 2.24) is 5.32 Å². The fourth-order valence-electron chi connectivity index (χ4n) is 1.86. The standard InChI is InChI=1S/C11H15NO/c1-8-3-2-4-9(5-8)11-6-10(13)7-12-11/h2-5,10-13H,6-7H2,1H3. The molecule has 0 aromatic heterocycles. The summed E-state index contributed by atoms with van der Waals surface area (Å²) < 4.78 is 0. The Morgan fingerprint density at radius 1 is 1.46 bits per heavy atom. The number of rotatable bonds is 1. The van der Waals surface area contributed by atoms with Gasteiger partial charge < -0.3 is 10.4 Å². The van der Waals surface area contributed by atoms with Crippen LogP contribution in [0.1, 0.15) is 23.6 Å². The monoisotopic (exact) mass is 177 g/mol. The molecule has 70 valence electrons. The smallest absolute Gasteiger partial charge is 0.0682 e. The Balaban J connectivity index is 2.16. The molecule has 1 aromatic carbocycles. The molecule has 1 aliphatic rings. The zero-order valence-corrected chi connectivity index (χ0v) is 7.83. The third-order valence-electron chi connectivity index (χ3n) is 2.55. The molecule has 2 heteroatoms. The zero-order chi connectivity index (χ0) is 9.26. The Hall–Kier alpha value is -0.860. The van der Waals surface area contributed by atoms with Crippen molar-refractivity contribution in [3.63, 3.8) is 0 Å². The number of benzene rings is 1. The average molecular weight is 177 g/mol. The van der Waals surface area contributed by atoms with Crippen LogP contribution in [-0.4, -0.2) is 17.8 Å². The van der Waals surface area contributed by atoms with E-state index in [1.807, 2.05) is 0 Å². The lowest BCUT2D eigenvalue weighted by Gasteiger charge is -2.10. The molecule has 0 saturated carbocycles. The molecule has 13 heavy (non-hydrogen) atoms. The number of aliphatic hydroxyl groups is 1. The van der Waals surface area contributed by atoms with Crippen molar-refractivity contribution >= 4 is 0 Å². The topological polar surface area (TPSA) is 32.3 Å². The number of aryl methyl sites for hydroxylation is 1. The molecule has 0 radical (unpaired) electrons. The van der Waals surface area contributed by atoms with Crippen LogP contribution in [0.3, 0.4) is 0 Å². The summed E-state index contributed by atoms with van der Waals surface area (Å²) in [6, 6.07) is 8.79. The predicted molar refractivity (Wildman–Crippen MR) is 52.5 cm³/mol. The molecule has 1 fully saturated rings. The third kappa shape index (κ3) is 1.90. The number of hydrogen-bond acceptors (Lipinski definition) is 2. The quantitative estimate of drug-likeness (QED) is 0.679. The first-order valence-electron chi connectivity index (χ1n) is 4.74. The van der Waals surface area contributed by atoms with E-state index in [0.29, 0.717) is 6.04 Å². The van der Waals surface area contributed by atoms with Crippen LogP contribution in [0.25, 0.3) is 0 Å². The Kier molecular flexibility index (Phi) is 2.34. The first kappa shape index (κ1) is 8.73. The zero-order valence-electron chi connectivity index (χ0n) is 7.83. The van der Waals surface area contributed by atoms with Crippen LogP contribution < -0.4 is 5.32 Å². The van der Waals surface area contributed by atoms with Gasteiger partial charge in [0.15, 0.2) is 0 Å². The molecule has 2 N–H and O–H groups in total. The maximum absolute atomic E-state index is 9.37. The van der Waals surface area contributed by atoms with Crippen LogP contribution in [0.15, 0.2) is 24.3 Å². The Labute approximate surface area is 78.6 Å². The number of β-amino-alcohol motifs (C(OH)–C–C–N with tert-alkyl or cyclic N) is 1. The second-order valence-electron chi connectivity index (χ2n) is 3.76. The van der Waals surface area contributed by atoms with Gasteiger partial charge in [-0.05, 0) is 18.9 Å². The van der Waals surface area contributed by atoms with Crippen molar-refractivity contribution in [1.29, 1.82) is 0 Å². The number of nitrogens with one attached hydrogen (secondary N) is 1. The van der Waals surface area contributed by atoms with E-state index in [1.54, 1.807) is 0 Å². The SMILES string of the molecule is Cc1cccc(C2CC(O)CN2)c1. The first-order chi connectivity index (χ1) is 6.25. The minimum atomic E-state index is -0.175. The van der Waals surface area contributed by atoms with E-state index in [-0.39, 0.29) is 6.10 Å². The Morgan fingerprint density at radius 3 is 2.92 bits per heavy atom. The molecule has 2 nitrogen and oxygen atoms in total. The molecule has 2 unspecified atom stereocenters. The summed E-state index contributed by atoms with van der Waals surface area (Å²) in [7, 11) is 0. The van der Waals surface area contributed by atoms with Gasteiger partial charge in [-0.25, -0.2) is 0 Å². The average Bonchev–Trinajstić information content (AvgIpc) is 2.52. The lowest BCUT2D eigenvalue weighted by Crippen LogP contribution is -2.14. The maximum Gasteiger partial charge on any atom is 0.0682 e. The van der Waals surface area contributed by atoms with Crippen LogP contribution in [0.2, 0.25) is 0 Å². The lowest BCUT2D eigenvalue weighted by atomic mass is 10.0. The minimum absolute atomic E-state index is 0.175. The highest BCUT2D eigenvalue weighted by atomic mass is 16.3. The van der Waals surface area contributed by atoms with E-state index in [0.717, 1.165) is 13.0 Å². The van der Waals surface area contributed by atoms with Crippen molar-refractivity contribution in [3.05, 3.63) is 35.4 Å². The van der Waals surface area contributed by atoms with E-state index >= 15 is 0 Å². The Bertz CT molecular complexity index is 298. The normalized spacial score (nSPS) is 27.8.